The lowest BCUT2D eigenvalue weighted by Crippen LogP contribution is -2.56. The Morgan fingerprint density at radius 1 is 1.38 bits per heavy atom. The third-order valence-electron chi connectivity index (χ3n) is 4.04. The van der Waals surface area contributed by atoms with Crippen molar-refractivity contribution >= 4 is 28.3 Å². The number of halogens is 1. The fourth-order valence-corrected chi connectivity index (χ4v) is 3.31. The molecule has 1 unspecified atom stereocenters. The number of anilines is 1. The second-order valence-corrected chi connectivity index (χ2v) is 7.01. The number of nitrogens with one attached hydrogen (secondary N) is 2. The molecule has 8 nitrogen and oxygen atoms in total. The van der Waals surface area contributed by atoms with Gasteiger partial charge in [0.25, 0.3) is 0 Å². The van der Waals surface area contributed by atoms with Crippen molar-refractivity contribution in [3.05, 3.63) is 40.7 Å². The number of carbonyl (C=O) groups is 2. The van der Waals surface area contributed by atoms with Crippen LogP contribution < -0.4 is 16.4 Å². The van der Waals surface area contributed by atoms with Gasteiger partial charge in [-0.05, 0) is 17.7 Å². The van der Waals surface area contributed by atoms with Gasteiger partial charge >= 0.3 is 0 Å². The molecular formula is C16H19FN6O2S. The molecule has 0 radical (unpaired) electrons. The number of rotatable bonds is 6. The molecule has 0 spiro atoms. The summed E-state index contributed by atoms with van der Waals surface area (Å²) in [5, 5.41) is 14.0. The highest BCUT2D eigenvalue weighted by molar-refractivity contribution is 7.15. The smallest absolute Gasteiger partial charge is 0.237 e. The summed E-state index contributed by atoms with van der Waals surface area (Å²) in [6.07, 6.45) is 0.0291. The van der Waals surface area contributed by atoms with E-state index in [0.717, 1.165) is 5.56 Å². The van der Waals surface area contributed by atoms with E-state index < -0.39 is 6.04 Å². The van der Waals surface area contributed by atoms with Crippen LogP contribution in [0.1, 0.15) is 17.0 Å². The Morgan fingerprint density at radius 2 is 2.15 bits per heavy atom. The minimum atomic E-state index is -0.576. The number of aromatic nitrogens is 2. The number of nitrogens with zero attached hydrogens (tertiary/aromatic N) is 3. The highest BCUT2D eigenvalue weighted by Crippen LogP contribution is 2.15. The molecule has 3 rings (SSSR count). The number of nitrogens with two attached hydrogens (primary N) is 1. The van der Waals surface area contributed by atoms with Crippen LogP contribution in [0.3, 0.4) is 0 Å². The van der Waals surface area contributed by atoms with Crippen LogP contribution in [0.5, 0.6) is 0 Å². The van der Waals surface area contributed by atoms with Crippen molar-refractivity contribution in [3.63, 3.8) is 0 Å². The Morgan fingerprint density at radius 3 is 2.85 bits per heavy atom. The monoisotopic (exact) mass is 378 g/mol. The largest absolute Gasteiger partial charge is 0.374 e. The SMILES string of the molecule is Nc1nnc(CNC(=O)CC2C(=O)NCCN2Cc2ccc(F)cc2)s1. The number of carbonyl (C=O) groups excluding carboxylic acids is 2. The molecule has 1 aliphatic rings. The van der Waals surface area contributed by atoms with Crippen molar-refractivity contribution in [2.24, 2.45) is 0 Å². The minimum absolute atomic E-state index is 0.0291. The number of amides is 2. The fourth-order valence-electron chi connectivity index (χ4n) is 2.76. The summed E-state index contributed by atoms with van der Waals surface area (Å²) in [5.41, 5.74) is 6.39. The summed E-state index contributed by atoms with van der Waals surface area (Å²) < 4.78 is 13.1. The molecule has 1 saturated heterocycles. The van der Waals surface area contributed by atoms with E-state index in [1.807, 2.05) is 4.90 Å². The number of piperazine rings is 1. The first kappa shape index (κ1) is 18.2. The highest BCUT2D eigenvalue weighted by atomic mass is 32.1. The molecule has 1 aromatic carbocycles. The van der Waals surface area contributed by atoms with Gasteiger partial charge in [-0.3, -0.25) is 14.5 Å². The zero-order valence-electron chi connectivity index (χ0n) is 13.9. The molecule has 0 aliphatic carbocycles. The van der Waals surface area contributed by atoms with E-state index in [0.29, 0.717) is 29.8 Å². The molecule has 2 heterocycles. The molecule has 2 amide bonds. The van der Waals surface area contributed by atoms with E-state index in [-0.39, 0.29) is 30.6 Å². The average Bonchev–Trinajstić information content (AvgIpc) is 3.03. The predicted octanol–water partition coefficient (Wildman–Crippen LogP) is 0.266. The third kappa shape index (κ3) is 4.73. The number of benzene rings is 1. The normalized spacial score (nSPS) is 17.7. The van der Waals surface area contributed by atoms with Gasteiger partial charge in [-0.1, -0.05) is 23.5 Å². The van der Waals surface area contributed by atoms with Gasteiger partial charge in [0.15, 0.2) is 0 Å². The molecule has 1 fully saturated rings. The molecule has 0 bridgehead atoms. The van der Waals surface area contributed by atoms with Gasteiger partial charge in [-0.25, -0.2) is 4.39 Å². The molecule has 2 aromatic rings. The van der Waals surface area contributed by atoms with Gasteiger partial charge in [0.05, 0.1) is 19.0 Å². The summed E-state index contributed by atoms with van der Waals surface area (Å²) in [6.45, 7) is 1.83. The molecule has 10 heteroatoms. The van der Waals surface area contributed by atoms with Gasteiger partial charge in [-0.15, -0.1) is 10.2 Å². The summed E-state index contributed by atoms with van der Waals surface area (Å²) in [6, 6.07) is 5.55. The maximum Gasteiger partial charge on any atom is 0.237 e. The Bertz CT molecular complexity index is 781. The van der Waals surface area contributed by atoms with E-state index in [1.54, 1.807) is 12.1 Å². The van der Waals surface area contributed by atoms with Crippen LogP contribution in [0.25, 0.3) is 0 Å². The van der Waals surface area contributed by atoms with Gasteiger partial charge in [0, 0.05) is 19.6 Å². The van der Waals surface area contributed by atoms with Crippen LogP contribution in [0.15, 0.2) is 24.3 Å². The van der Waals surface area contributed by atoms with E-state index >= 15 is 0 Å². The van der Waals surface area contributed by atoms with Gasteiger partial charge < -0.3 is 16.4 Å². The number of hydrogen-bond acceptors (Lipinski definition) is 7. The maximum absolute atomic E-state index is 13.1. The van der Waals surface area contributed by atoms with Crippen molar-refractivity contribution in [1.29, 1.82) is 0 Å². The summed E-state index contributed by atoms with van der Waals surface area (Å²) in [4.78, 5) is 26.4. The molecule has 4 N–H and O–H groups in total. The molecule has 1 atom stereocenters. The lowest BCUT2D eigenvalue weighted by atomic mass is 10.1. The third-order valence-corrected chi connectivity index (χ3v) is 4.79. The lowest BCUT2D eigenvalue weighted by Gasteiger charge is -2.34. The maximum atomic E-state index is 13.1. The Kier molecular flexibility index (Phi) is 5.74. The van der Waals surface area contributed by atoms with Crippen LogP contribution in [-0.4, -0.2) is 46.0 Å². The Hall–Kier alpha value is -2.59. The second-order valence-electron chi connectivity index (χ2n) is 5.92. The summed E-state index contributed by atoms with van der Waals surface area (Å²) in [7, 11) is 0. The summed E-state index contributed by atoms with van der Waals surface area (Å²) in [5.74, 6) is -0.753. The van der Waals surface area contributed by atoms with Crippen molar-refractivity contribution < 1.29 is 14.0 Å². The topological polar surface area (TPSA) is 113 Å². The molecule has 1 aromatic heterocycles. The zero-order chi connectivity index (χ0) is 18.5. The van der Waals surface area contributed by atoms with E-state index in [1.165, 1.54) is 23.5 Å². The van der Waals surface area contributed by atoms with Crippen LogP contribution in [0.2, 0.25) is 0 Å². The molecular weight excluding hydrogens is 359 g/mol. The fraction of sp³-hybridized carbons (Fsp3) is 0.375. The van der Waals surface area contributed by atoms with Crippen LogP contribution in [0.4, 0.5) is 9.52 Å². The van der Waals surface area contributed by atoms with Gasteiger partial charge in [0.2, 0.25) is 16.9 Å². The highest BCUT2D eigenvalue weighted by Gasteiger charge is 2.31. The molecule has 26 heavy (non-hydrogen) atoms. The van der Waals surface area contributed by atoms with Gasteiger partial charge in [-0.2, -0.15) is 0 Å². The van der Waals surface area contributed by atoms with Crippen LogP contribution >= 0.6 is 11.3 Å². The predicted molar refractivity (Wildman–Crippen MR) is 94.4 cm³/mol. The first-order valence-corrected chi connectivity index (χ1v) is 8.93. The number of nitrogen functional groups attached to an aromatic ring is 1. The Labute approximate surface area is 153 Å². The van der Waals surface area contributed by atoms with Crippen LogP contribution in [0, 0.1) is 5.82 Å². The first-order chi connectivity index (χ1) is 12.5. The molecule has 1 aliphatic heterocycles. The second kappa shape index (κ2) is 8.19. The molecule has 0 saturated carbocycles. The number of hydrogen-bond donors (Lipinski definition) is 3. The zero-order valence-corrected chi connectivity index (χ0v) is 14.8. The van der Waals surface area contributed by atoms with Crippen molar-refractivity contribution in [2.75, 3.05) is 18.8 Å². The first-order valence-electron chi connectivity index (χ1n) is 8.12. The van der Waals surface area contributed by atoms with Crippen LogP contribution in [-0.2, 0) is 22.7 Å². The average molecular weight is 378 g/mol. The van der Waals surface area contributed by atoms with Crippen molar-refractivity contribution in [1.82, 2.24) is 25.7 Å². The lowest BCUT2D eigenvalue weighted by molar-refractivity contribution is -0.134. The Balaban J connectivity index is 1.59. The van der Waals surface area contributed by atoms with E-state index in [9.17, 15) is 14.0 Å². The van der Waals surface area contributed by atoms with E-state index in [4.69, 9.17) is 5.73 Å². The standard InChI is InChI=1S/C16H19FN6O2S/c17-11-3-1-10(2-4-11)9-23-6-5-19-15(25)12(23)7-13(24)20-8-14-21-22-16(18)26-14/h1-4,12H,5-9H2,(H2,18,22)(H,19,25)(H,20,24). The van der Waals surface area contributed by atoms with Crippen molar-refractivity contribution in [2.45, 2.75) is 25.6 Å². The van der Waals surface area contributed by atoms with E-state index in [2.05, 4.69) is 20.8 Å². The summed E-state index contributed by atoms with van der Waals surface area (Å²) >= 11 is 1.20. The van der Waals surface area contributed by atoms with Crippen molar-refractivity contribution in [3.8, 4) is 0 Å². The van der Waals surface area contributed by atoms with Gasteiger partial charge in [0.1, 0.15) is 10.8 Å². The minimum Gasteiger partial charge on any atom is -0.374 e. The molecule has 138 valence electrons. The quantitative estimate of drug-likeness (QED) is 0.665.